The zero-order valence-electron chi connectivity index (χ0n) is 12.7. The molecule has 1 aromatic rings. The molecule has 5 nitrogen and oxygen atoms in total. The molecule has 0 spiro atoms. The highest BCUT2D eigenvalue weighted by Gasteiger charge is 2.35. The molecule has 0 aromatic carbocycles. The maximum absolute atomic E-state index is 12.4. The third kappa shape index (κ3) is 3.33. The van der Waals surface area contributed by atoms with Gasteiger partial charge in [-0.05, 0) is 46.6 Å². The van der Waals surface area contributed by atoms with Crippen LogP contribution in [0.25, 0.3) is 0 Å². The van der Waals surface area contributed by atoms with Crippen molar-refractivity contribution in [3.8, 4) is 0 Å². The molecule has 0 bridgehead atoms. The average Bonchev–Trinajstić information content (AvgIpc) is 2.71. The molecule has 6 heteroatoms. The Hall–Kier alpha value is -1.07. The van der Waals surface area contributed by atoms with Gasteiger partial charge in [0.1, 0.15) is 0 Å². The minimum Gasteiger partial charge on any atom is -0.348 e. The second kappa shape index (κ2) is 6.59. The molecule has 2 unspecified atom stereocenters. The molecule has 2 atom stereocenters. The van der Waals surface area contributed by atoms with Gasteiger partial charge < -0.3 is 10.6 Å². The maximum Gasteiger partial charge on any atom is 0.240 e. The molecule has 2 heterocycles. The van der Waals surface area contributed by atoms with Gasteiger partial charge in [-0.1, -0.05) is 0 Å². The van der Waals surface area contributed by atoms with Crippen molar-refractivity contribution < 1.29 is 4.79 Å². The fraction of sp³-hybridized carbons (Fsp3) is 0.714. The van der Waals surface area contributed by atoms with Gasteiger partial charge in [0.25, 0.3) is 0 Å². The Labute approximate surface area is 126 Å². The fourth-order valence-electron chi connectivity index (χ4n) is 2.62. The smallest absolute Gasteiger partial charge is 0.240 e. The first-order chi connectivity index (χ1) is 8.94. The SMILES string of the molecule is Cc1c(C(C)NC(=O)C2(C)CCCCN2)cnn1C.Cl. The minimum atomic E-state index is -0.428. The highest BCUT2D eigenvalue weighted by Crippen LogP contribution is 2.22. The van der Waals surface area contributed by atoms with E-state index in [1.807, 2.05) is 38.7 Å². The topological polar surface area (TPSA) is 59.0 Å². The van der Waals surface area contributed by atoms with E-state index in [1.54, 1.807) is 0 Å². The summed E-state index contributed by atoms with van der Waals surface area (Å²) in [5.74, 6) is 0.0861. The van der Waals surface area contributed by atoms with Crippen LogP contribution in [0.3, 0.4) is 0 Å². The Kier molecular flexibility index (Phi) is 5.59. The van der Waals surface area contributed by atoms with Crippen LogP contribution in [0.4, 0.5) is 0 Å². The lowest BCUT2D eigenvalue weighted by atomic mass is 9.89. The van der Waals surface area contributed by atoms with E-state index in [4.69, 9.17) is 0 Å². The van der Waals surface area contributed by atoms with E-state index in [9.17, 15) is 4.79 Å². The first-order valence-electron chi connectivity index (χ1n) is 6.98. The van der Waals surface area contributed by atoms with Crippen LogP contribution in [0, 0.1) is 6.92 Å². The molecule has 1 aromatic heterocycles. The molecule has 20 heavy (non-hydrogen) atoms. The number of aromatic nitrogens is 2. The summed E-state index contributed by atoms with van der Waals surface area (Å²) < 4.78 is 1.83. The maximum atomic E-state index is 12.4. The first kappa shape index (κ1) is 17.0. The summed E-state index contributed by atoms with van der Waals surface area (Å²) in [7, 11) is 1.91. The van der Waals surface area contributed by atoms with Crippen LogP contribution in [-0.2, 0) is 11.8 Å². The Morgan fingerprint density at radius 2 is 2.25 bits per heavy atom. The second-order valence-electron chi connectivity index (χ2n) is 5.72. The summed E-state index contributed by atoms with van der Waals surface area (Å²) >= 11 is 0. The molecule has 1 amide bonds. The van der Waals surface area contributed by atoms with Crippen LogP contribution in [0.2, 0.25) is 0 Å². The van der Waals surface area contributed by atoms with Gasteiger partial charge in [0, 0.05) is 18.3 Å². The quantitative estimate of drug-likeness (QED) is 0.896. The highest BCUT2D eigenvalue weighted by atomic mass is 35.5. The number of carbonyl (C=O) groups excluding carboxylic acids is 1. The Bertz CT molecular complexity index is 466. The standard InChI is InChI=1S/C14H24N4O.ClH/c1-10(12-9-16-18(4)11(12)2)17-13(19)14(3)7-5-6-8-15-14;/h9-10,15H,5-8H2,1-4H3,(H,17,19);1H. The van der Waals surface area contributed by atoms with Crippen molar-refractivity contribution in [1.82, 2.24) is 20.4 Å². The van der Waals surface area contributed by atoms with Crippen molar-refractivity contribution in [2.45, 2.75) is 51.6 Å². The third-order valence-electron chi connectivity index (χ3n) is 4.21. The number of halogens is 1. The third-order valence-corrected chi connectivity index (χ3v) is 4.21. The molecule has 1 aliphatic rings. The van der Waals surface area contributed by atoms with Gasteiger partial charge in [-0.15, -0.1) is 12.4 Å². The summed E-state index contributed by atoms with van der Waals surface area (Å²) in [6, 6.07) is -0.0123. The van der Waals surface area contributed by atoms with Gasteiger partial charge in [-0.3, -0.25) is 9.48 Å². The summed E-state index contributed by atoms with van der Waals surface area (Å²) in [6.07, 6.45) is 4.99. The number of nitrogens with zero attached hydrogens (tertiary/aromatic N) is 2. The molecule has 0 radical (unpaired) electrons. The monoisotopic (exact) mass is 300 g/mol. The number of hydrogen-bond donors (Lipinski definition) is 2. The van der Waals surface area contributed by atoms with E-state index in [2.05, 4.69) is 15.7 Å². The fourth-order valence-corrected chi connectivity index (χ4v) is 2.62. The van der Waals surface area contributed by atoms with Crippen LogP contribution in [0.5, 0.6) is 0 Å². The number of amides is 1. The van der Waals surface area contributed by atoms with Crippen molar-refractivity contribution in [1.29, 1.82) is 0 Å². The van der Waals surface area contributed by atoms with Crippen molar-refractivity contribution in [2.75, 3.05) is 6.54 Å². The number of aryl methyl sites for hydroxylation is 1. The molecule has 0 aliphatic carbocycles. The number of nitrogens with one attached hydrogen (secondary N) is 2. The molecular weight excluding hydrogens is 276 g/mol. The Balaban J connectivity index is 0.00000200. The lowest BCUT2D eigenvalue weighted by Gasteiger charge is -2.34. The van der Waals surface area contributed by atoms with E-state index < -0.39 is 5.54 Å². The van der Waals surface area contributed by atoms with E-state index in [0.717, 1.165) is 37.1 Å². The largest absolute Gasteiger partial charge is 0.348 e. The van der Waals surface area contributed by atoms with E-state index in [-0.39, 0.29) is 24.4 Å². The highest BCUT2D eigenvalue weighted by molar-refractivity contribution is 5.86. The zero-order valence-corrected chi connectivity index (χ0v) is 13.5. The summed E-state index contributed by atoms with van der Waals surface area (Å²) in [4.78, 5) is 12.4. The predicted molar refractivity (Wildman–Crippen MR) is 82.0 cm³/mol. The van der Waals surface area contributed by atoms with E-state index in [0.29, 0.717) is 0 Å². The number of rotatable bonds is 3. The predicted octanol–water partition coefficient (Wildman–Crippen LogP) is 1.86. The number of piperidine rings is 1. The van der Waals surface area contributed by atoms with Crippen LogP contribution in [-0.4, -0.2) is 27.8 Å². The van der Waals surface area contributed by atoms with Crippen molar-refractivity contribution in [3.63, 3.8) is 0 Å². The Morgan fingerprint density at radius 1 is 1.55 bits per heavy atom. The molecule has 1 saturated heterocycles. The van der Waals surface area contributed by atoms with Crippen molar-refractivity contribution >= 4 is 18.3 Å². The van der Waals surface area contributed by atoms with Crippen LogP contribution in [0.1, 0.15) is 50.4 Å². The van der Waals surface area contributed by atoms with Gasteiger partial charge >= 0.3 is 0 Å². The Morgan fingerprint density at radius 3 is 2.75 bits per heavy atom. The molecule has 1 fully saturated rings. The van der Waals surface area contributed by atoms with Crippen LogP contribution >= 0.6 is 12.4 Å². The number of carbonyl (C=O) groups is 1. The van der Waals surface area contributed by atoms with Crippen molar-refractivity contribution in [3.05, 3.63) is 17.5 Å². The first-order valence-corrected chi connectivity index (χ1v) is 6.98. The summed E-state index contributed by atoms with van der Waals surface area (Å²) in [6.45, 7) is 6.94. The van der Waals surface area contributed by atoms with Gasteiger partial charge in [-0.25, -0.2) is 0 Å². The van der Waals surface area contributed by atoms with Gasteiger partial charge in [0.05, 0.1) is 17.8 Å². The van der Waals surface area contributed by atoms with Gasteiger partial charge in [-0.2, -0.15) is 5.10 Å². The van der Waals surface area contributed by atoms with Crippen LogP contribution in [0.15, 0.2) is 6.20 Å². The lowest BCUT2D eigenvalue weighted by Crippen LogP contribution is -2.57. The number of hydrogen-bond acceptors (Lipinski definition) is 3. The minimum absolute atomic E-state index is 0. The summed E-state index contributed by atoms with van der Waals surface area (Å²) in [5.41, 5.74) is 1.74. The molecule has 1 aliphatic heterocycles. The normalized spacial score (nSPS) is 23.8. The molecule has 0 saturated carbocycles. The van der Waals surface area contributed by atoms with E-state index in [1.165, 1.54) is 0 Å². The summed E-state index contributed by atoms with van der Waals surface area (Å²) in [5, 5.41) is 10.7. The van der Waals surface area contributed by atoms with Gasteiger partial charge in [0.15, 0.2) is 0 Å². The average molecular weight is 301 g/mol. The zero-order chi connectivity index (χ0) is 14.0. The van der Waals surface area contributed by atoms with E-state index >= 15 is 0 Å². The van der Waals surface area contributed by atoms with Crippen molar-refractivity contribution in [2.24, 2.45) is 7.05 Å². The van der Waals surface area contributed by atoms with Crippen LogP contribution < -0.4 is 10.6 Å². The second-order valence-corrected chi connectivity index (χ2v) is 5.72. The lowest BCUT2D eigenvalue weighted by molar-refractivity contribution is -0.128. The molecule has 2 N–H and O–H groups in total. The molecular formula is C14H25ClN4O. The van der Waals surface area contributed by atoms with Gasteiger partial charge in [0.2, 0.25) is 5.91 Å². The molecule has 114 valence electrons. The molecule has 2 rings (SSSR count).